The molecule has 0 atom stereocenters. The van der Waals surface area contributed by atoms with Crippen LogP contribution in [0.3, 0.4) is 0 Å². The van der Waals surface area contributed by atoms with E-state index in [0.717, 1.165) is 5.69 Å². The molecule has 3 rings (SSSR count). The predicted octanol–water partition coefficient (Wildman–Crippen LogP) is 2.12. The second kappa shape index (κ2) is 3.55. The maximum atomic E-state index is 13.2. The lowest BCUT2D eigenvalue weighted by molar-refractivity contribution is 0.628. The first kappa shape index (κ1) is 9.77. The first-order valence-electron chi connectivity index (χ1n) is 5.10. The van der Waals surface area contributed by atoms with Gasteiger partial charge >= 0.3 is 0 Å². The lowest BCUT2D eigenvalue weighted by Crippen LogP contribution is -2.00. The van der Waals surface area contributed by atoms with E-state index in [9.17, 15) is 4.39 Å². The summed E-state index contributed by atoms with van der Waals surface area (Å²) in [5.41, 5.74) is 7.79. The molecule has 1 aromatic carbocycles. The van der Waals surface area contributed by atoms with Crippen molar-refractivity contribution in [3.8, 4) is 11.3 Å². The molecule has 2 N–H and O–H groups in total. The van der Waals surface area contributed by atoms with Gasteiger partial charge in [0, 0.05) is 17.7 Å². The molecule has 3 aromatic rings. The molecule has 0 aliphatic carbocycles. The Morgan fingerprint density at radius 1 is 1.18 bits per heavy atom. The van der Waals surface area contributed by atoms with Gasteiger partial charge in [-0.15, -0.1) is 0 Å². The van der Waals surface area contributed by atoms with Gasteiger partial charge in [0.15, 0.2) is 5.65 Å². The van der Waals surface area contributed by atoms with Crippen LogP contribution in [0.25, 0.3) is 16.9 Å². The SMILES string of the molecule is Nc1cc(-c2cccc(F)c2)n2nccc2n1. The quantitative estimate of drug-likeness (QED) is 0.694. The van der Waals surface area contributed by atoms with Crippen molar-refractivity contribution < 1.29 is 4.39 Å². The minimum atomic E-state index is -0.293. The Morgan fingerprint density at radius 3 is 2.88 bits per heavy atom. The minimum absolute atomic E-state index is 0.293. The van der Waals surface area contributed by atoms with E-state index >= 15 is 0 Å². The predicted molar refractivity (Wildman–Crippen MR) is 62.8 cm³/mol. The average molecular weight is 228 g/mol. The highest BCUT2D eigenvalue weighted by atomic mass is 19.1. The van der Waals surface area contributed by atoms with E-state index in [-0.39, 0.29) is 5.82 Å². The van der Waals surface area contributed by atoms with Gasteiger partial charge in [0.2, 0.25) is 0 Å². The smallest absolute Gasteiger partial charge is 0.158 e. The van der Waals surface area contributed by atoms with Crippen LogP contribution in [0.5, 0.6) is 0 Å². The number of hydrogen-bond acceptors (Lipinski definition) is 3. The molecule has 0 aliphatic heterocycles. The molecule has 2 aromatic heterocycles. The minimum Gasteiger partial charge on any atom is -0.384 e. The second-order valence-corrected chi connectivity index (χ2v) is 3.68. The van der Waals surface area contributed by atoms with Gasteiger partial charge in [-0.05, 0) is 12.1 Å². The van der Waals surface area contributed by atoms with E-state index < -0.39 is 0 Å². The Labute approximate surface area is 96.5 Å². The standard InChI is InChI=1S/C12H9FN4/c13-9-3-1-2-8(6-9)10-7-11(14)16-12-4-5-15-17(10)12/h1-7H,(H2,14,16). The summed E-state index contributed by atoms with van der Waals surface area (Å²) in [6.45, 7) is 0. The van der Waals surface area contributed by atoms with Crippen LogP contribution >= 0.6 is 0 Å². The number of aromatic nitrogens is 3. The zero-order valence-electron chi connectivity index (χ0n) is 8.84. The summed E-state index contributed by atoms with van der Waals surface area (Å²) in [5, 5.41) is 4.14. The zero-order valence-corrected chi connectivity index (χ0v) is 8.84. The molecule has 0 fully saturated rings. The topological polar surface area (TPSA) is 56.2 Å². The normalized spacial score (nSPS) is 10.9. The molecular weight excluding hydrogens is 219 g/mol. The monoisotopic (exact) mass is 228 g/mol. The molecule has 0 unspecified atom stereocenters. The second-order valence-electron chi connectivity index (χ2n) is 3.68. The fourth-order valence-electron chi connectivity index (χ4n) is 1.79. The van der Waals surface area contributed by atoms with Gasteiger partial charge in [0.1, 0.15) is 11.6 Å². The lowest BCUT2D eigenvalue weighted by Gasteiger charge is -2.06. The van der Waals surface area contributed by atoms with Gasteiger partial charge in [-0.1, -0.05) is 12.1 Å². The Balaban J connectivity index is 2.32. The van der Waals surface area contributed by atoms with Crippen LogP contribution in [0, 0.1) is 5.82 Å². The van der Waals surface area contributed by atoms with Crippen molar-refractivity contribution in [2.45, 2.75) is 0 Å². The molecule has 0 saturated heterocycles. The third-order valence-corrected chi connectivity index (χ3v) is 2.50. The summed E-state index contributed by atoms with van der Waals surface area (Å²) >= 11 is 0. The highest BCUT2D eigenvalue weighted by Gasteiger charge is 2.07. The molecule has 0 radical (unpaired) electrons. The number of fused-ring (bicyclic) bond motifs is 1. The number of nitrogen functional groups attached to an aromatic ring is 1. The van der Waals surface area contributed by atoms with Gasteiger partial charge in [0.05, 0.1) is 11.9 Å². The third kappa shape index (κ3) is 1.61. The van der Waals surface area contributed by atoms with Crippen molar-refractivity contribution in [2.75, 3.05) is 5.73 Å². The summed E-state index contributed by atoms with van der Waals surface area (Å²) in [5.74, 6) is 0.0930. The number of benzene rings is 1. The number of hydrogen-bond donors (Lipinski definition) is 1. The van der Waals surface area contributed by atoms with Crippen LogP contribution in [-0.4, -0.2) is 14.6 Å². The molecule has 0 bridgehead atoms. The molecule has 17 heavy (non-hydrogen) atoms. The molecular formula is C12H9FN4. The van der Waals surface area contributed by atoms with Crippen LogP contribution in [0.1, 0.15) is 0 Å². The Bertz CT molecular complexity index is 690. The van der Waals surface area contributed by atoms with E-state index in [4.69, 9.17) is 5.73 Å². The van der Waals surface area contributed by atoms with Crippen LogP contribution in [-0.2, 0) is 0 Å². The van der Waals surface area contributed by atoms with Crippen molar-refractivity contribution in [2.24, 2.45) is 0 Å². The summed E-state index contributed by atoms with van der Waals surface area (Å²) in [6, 6.07) is 9.72. The van der Waals surface area contributed by atoms with Crippen LogP contribution in [0.15, 0.2) is 42.6 Å². The number of nitrogens with zero attached hydrogens (tertiary/aromatic N) is 3. The van der Waals surface area contributed by atoms with Gasteiger partial charge in [-0.3, -0.25) is 0 Å². The van der Waals surface area contributed by atoms with Gasteiger partial charge in [-0.2, -0.15) is 5.10 Å². The molecule has 0 saturated carbocycles. The highest BCUT2D eigenvalue weighted by Crippen LogP contribution is 2.22. The highest BCUT2D eigenvalue weighted by molar-refractivity contribution is 5.65. The van der Waals surface area contributed by atoms with E-state index in [2.05, 4.69) is 10.1 Å². The third-order valence-electron chi connectivity index (χ3n) is 2.50. The molecule has 84 valence electrons. The van der Waals surface area contributed by atoms with Crippen molar-refractivity contribution in [3.63, 3.8) is 0 Å². The maximum Gasteiger partial charge on any atom is 0.158 e. The number of halogens is 1. The first-order chi connectivity index (χ1) is 8.24. The molecule has 0 aliphatic rings. The van der Waals surface area contributed by atoms with Gasteiger partial charge < -0.3 is 5.73 Å². The zero-order chi connectivity index (χ0) is 11.8. The first-order valence-corrected chi connectivity index (χ1v) is 5.10. The van der Waals surface area contributed by atoms with Gasteiger partial charge in [0.25, 0.3) is 0 Å². The van der Waals surface area contributed by atoms with Crippen LogP contribution < -0.4 is 5.73 Å². The Kier molecular flexibility index (Phi) is 2.04. The molecule has 0 amide bonds. The number of anilines is 1. The lowest BCUT2D eigenvalue weighted by atomic mass is 10.1. The fourth-order valence-corrected chi connectivity index (χ4v) is 1.79. The van der Waals surface area contributed by atoms with Crippen molar-refractivity contribution in [3.05, 3.63) is 48.4 Å². The van der Waals surface area contributed by atoms with Crippen LogP contribution in [0.4, 0.5) is 10.2 Å². The average Bonchev–Trinajstić information content (AvgIpc) is 2.75. The molecule has 0 spiro atoms. The fraction of sp³-hybridized carbons (Fsp3) is 0. The summed E-state index contributed by atoms with van der Waals surface area (Å²) in [4.78, 5) is 4.13. The summed E-state index contributed by atoms with van der Waals surface area (Å²) < 4.78 is 14.8. The van der Waals surface area contributed by atoms with Crippen molar-refractivity contribution in [1.29, 1.82) is 0 Å². The summed E-state index contributed by atoms with van der Waals surface area (Å²) in [6.07, 6.45) is 1.63. The van der Waals surface area contributed by atoms with E-state index in [1.54, 1.807) is 35.0 Å². The molecule has 4 nitrogen and oxygen atoms in total. The summed E-state index contributed by atoms with van der Waals surface area (Å²) in [7, 11) is 0. The molecule has 5 heteroatoms. The van der Waals surface area contributed by atoms with E-state index in [1.165, 1.54) is 12.1 Å². The Hall–Kier alpha value is -2.43. The number of nitrogens with two attached hydrogens (primary N) is 1. The largest absolute Gasteiger partial charge is 0.384 e. The van der Waals surface area contributed by atoms with Crippen LogP contribution in [0.2, 0.25) is 0 Å². The van der Waals surface area contributed by atoms with Crippen molar-refractivity contribution in [1.82, 2.24) is 14.6 Å². The molecule has 2 heterocycles. The number of rotatable bonds is 1. The van der Waals surface area contributed by atoms with E-state index in [1.807, 2.05) is 0 Å². The van der Waals surface area contributed by atoms with Gasteiger partial charge in [-0.25, -0.2) is 13.9 Å². The maximum absolute atomic E-state index is 13.2. The van der Waals surface area contributed by atoms with E-state index in [0.29, 0.717) is 17.0 Å². The Morgan fingerprint density at radius 2 is 2.06 bits per heavy atom. The van der Waals surface area contributed by atoms with Crippen molar-refractivity contribution >= 4 is 11.5 Å².